The lowest BCUT2D eigenvalue weighted by atomic mass is 10.1. The second-order valence-corrected chi connectivity index (χ2v) is 16.0. The summed E-state index contributed by atoms with van der Waals surface area (Å²) in [6, 6.07) is 0. The largest absolute Gasteiger partial charge is 0.472 e. The normalized spacial score (nSPS) is 14.0. The monoisotopic (exact) mass is 820 g/mol. The molecule has 1 unspecified atom stereocenters. The number of carbonyl (C=O) groups is 2. The fraction of sp³-hybridized carbons (Fsp3) is 0.702. The summed E-state index contributed by atoms with van der Waals surface area (Å²) in [6.45, 7) is 3.59. The van der Waals surface area contributed by atoms with Gasteiger partial charge < -0.3 is 20.1 Å². The second-order valence-electron chi connectivity index (χ2n) is 14.6. The Morgan fingerprint density at radius 2 is 0.947 bits per heavy atom. The van der Waals surface area contributed by atoms with E-state index in [-0.39, 0.29) is 32.6 Å². The number of hydrogen-bond acceptors (Lipinski definition) is 8. The summed E-state index contributed by atoms with van der Waals surface area (Å²) in [4.78, 5) is 34.9. The van der Waals surface area contributed by atoms with Gasteiger partial charge in [0.05, 0.1) is 13.2 Å². The van der Waals surface area contributed by atoms with Gasteiger partial charge in [0, 0.05) is 19.4 Å². The molecule has 57 heavy (non-hydrogen) atoms. The maximum atomic E-state index is 12.6. The van der Waals surface area contributed by atoms with E-state index in [2.05, 4.69) is 86.8 Å². The molecule has 0 aliphatic heterocycles. The molecular formula is C47H82NO8P. The first kappa shape index (κ1) is 54.5. The zero-order valence-electron chi connectivity index (χ0n) is 36.0. The van der Waals surface area contributed by atoms with E-state index in [1.807, 2.05) is 0 Å². The number of allylic oxidation sites excluding steroid dienone is 12. The number of rotatable bonds is 41. The highest BCUT2D eigenvalue weighted by molar-refractivity contribution is 7.47. The number of esters is 2. The highest BCUT2D eigenvalue weighted by atomic mass is 31.2. The lowest BCUT2D eigenvalue weighted by molar-refractivity contribution is -0.161. The van der Waals surface area contributed by atoms with E-state index in [4.69, 9.17) is 24.3 Å². The van der Waals surface area contributed by atoms with Gasteiger partial charge in [-0.2, -0.15) is 0 Å². The summed E-state index contributed by atoms with van der Waals surface area (Å²) < 4.78 is 32.8. The molecule has 0 aliphatic carbocycles. The Bertz CT molecular complexity index is 1160. The molecule has 0 amide bonds. The summed E-state index contributed by atoms with van der Waals surface area (Å²) in [7, 11) is -4.39. The number of unbranched alkanes of at least 4 members (excludes halogenated alkanes) is 16. The van der Waals surface area contributed by atoms with Crippen molar-refractivity contribution < 1.29 is 37.6 Å². The Balaban J connectivity index is 4.20. The number of carbonyl (C=O) groups excluding carboxylic acids is 2. The van der Waals surface area contributed by atoms with Gasteiger partial charge in [-0.1, -0.05) is 157 Å². The molecule has 0 radical (unpaired) electrons. The molecule has 0 aromatic heterocycles. The van der Waals surface area contributed by atoms with Crippen LogP contribution in [0.5, 0.6) is 0 Å². The van der Waals surface area contributed by atoms with Crippen molar-refractivity contribution in [2.75, 3.05) is 26.4 Å². The Morgan fingerprint density at radius 3 is 1.44 bits per heavy atom. The maximum absolute atomic E-state index is 12.6. The minimum atomic E-state index is -4.39. The molecule has 0 saturated heterocycles. The van der Waals surface area contributed by atoms with Crippen molar-refractivity contribution in [2.24, 2.45) is 5.73 Å². The standard InChI is InChI=1S/C47H82NO8P/c1-3-5-7-9-11-13-15-17-19-21-22-24-26-28-30-32-34-36-38-40-47(50)56-45(44-55-57(51,52)54-42-41-48)43-53-46(49)39-37-35-33-31-29-27-25-23-20-18-16-14-12-10-8-6-4-2/h8,10-11,13-14,16-17,19-20,23,27,29,45H,3-7,9,12,15,18,21-22,24-26,28,30-44,48H2,1-2H3,(H,51,52)/b10-8+,13-11+,16-14+,19-17+,23-20+,29-27+/t45-/m1/s1. The number of ether oxygens (including phenoxy) is 2. The van der Waals surface area contributed by atoms with Gasteiger partial charge in [0.25, 0.3) is 0 Å². The Hall–Kier alpha value is -2.55. The lowest BCUT2D eigenvalue weighted by Gasteiger charge is -2.19. The van der Waals surface area contributed by atoms with Crippen LogP contribution in [0, 0.1) is 0 Å². The van der Waals surface area contributed by atoms with Crippen molar-refractivity contribution in [3.8, 4) is 0 Å². The van der Waals surface area contributed by atoms with Gasteiger partial charge in [-0.3, -0.25) is 18.6 Å². The third-order valence-electron chi connectivity index (χ3n) is 9.05. The van der Waals surface area contributed by atoms with E-state index in [1.165, 1.54) is 64.2 Å². The molecular weight excluding hydrogens is 737 g/mol. The van der Waals surface area contributed by atoms with E-state index in [0.29, 0.717) is 12.8 Å². The van der Waals surface area contributed by atoms with Crippen molar-refractivity contribution in [1.29, 1.82) is 0 Å². The number of nitrogens with two attached hydrogens (primary N) is 1. The van der Waals surface area contributed by atoms with Crippen LogP contribution in [0.3, 0.4) is 0 Å². The topological polar surface area (TPSA) is 134 Å². The minimum Gasteiger partial charge on any atom is -0.462 e. The maximum Gasteiger partial charge on any atom is 0.472 e. The van der Waals surface area contributed by atoms with Crippen LogP contribution in [0.15, 0.2) is 72.9 Å². The average molecular weight is 820 g/mol. The molecule has 9 nitrogen and oxygen atoms in total. The molecule has 0 bridgehead atoms. The van der Waals surface area contributed by atoms with Gasteiger partial charge in [-0.15, -0.1) is 0 Å². The molecule has 328 valence electrons. The molecule has 0 rings (SSSR count). The quantitative estimate of drug-likeness (QED) is 0.0267. The molecule has 0 spiro atoms. The van der Waals surface area contributed by atoms with Gasteiger partial charge >= 0.3 is 19.8 Å². The summed E-state index contributed by atoms with van der Waals surface area (Å²) in [5.41, 5.74) is 5.35. The predicted molar refractivity (Wildman–Crippen MR) is 238 cm³/mol. The Morgan fingerprint density at radius 1 is 0.526 bits per heavy atom. The molecule has 0 aliphatic rings. The van der Waals surface area contributed by atoms with Gasteiger partial charge in [0.1, 0.15) is 6.61 Å². The highest BCUT2D eigenvalue weighted by Crippen LogP contribution is 2.43. The molecule has 0 fully saturated rings. The first-order valence-corrected chi connectivity index (χ1v) is 23.9. The number of phosphoric ester groups is 1. The van der Waals surface area contributed by atoms with Crippen molar-refractivity contribution in [3.05, 3.63) is 72.9 Å². The fourth-order valence-corrected chi connectivity index (χ4v) is 6.48. The van der Waals surface area contributed by atoms with Crippen LogP contribution in [-0.2, 0) is 32.7 Å². The summed E-state index contributed by atoms with van der Waals surface area (Å²) in [6.07, 6.45) is 52.1. The van der Waals surface area contributed by atoms with Gasteiger partial charge in [0.15, 0.2) is 6.10 Å². The van der Waals surface area contributed by atoms with E-state index in [1.54, 1.807) is 0 Å². The smallest absolute Gasteiger partial charge is 0.462 e. The fourth-order valence-electron chi connectivity index (χ4n) is 5.71. The summed E-state index contributed by atoms with van der Waals surface area (Å²) >= 11 is 0. The number of phosphoric acid groups is 1. The average Bonchev–Trinajstić information content (AvgIpc) is 3.20. The molecule has 0 saturated carbocycles. The summed E-state index contributed by atoms with van der Waals surface area (Å²) in [5, 5.41) is 0. The molecule has 3 N–H and O–H groups in total. The van der Waals surface area contributed by atoms with E-state index in [0.717, 1.165) is 77.0 Å². The molecule has 2 atom stereocenters. The zero-order valence-corrected chi connectivity index (χ0v) is 36.9. The zero-order chi connectivity index (χ0) is 41.8. The van der Waals surface area contributed by atoms with Gasteiger partial charge in [0.2, 0.25) is 0 Å². The van der Waals surface area contributed by atoms with Crippen LogP contribution in [0.1, 0.15) is 181 Å². The van der Waals surface area contributed by atoms with E-state index >= 15 is 0 Å². The van der Waals surface area contributed by atoms with Gasteiger partial charge in [-0.05, 0) is 83.5 Å². The highest BCUT2D eigenvalue weighted by Gasteiger charge is 2.26. The predicted octanol–water partition coefficient (Wildman–Crippen LogP) is 13.1. The first-order valence-electron chi connectivity index (χ1n) is 22.4. The molecule has 0 aromatic carbocycles. The lowest BCUT2D eigenvalue weighted by Crippen LogP contribution is -2.29. The molecule has 0 aromatic rings. The minimum absolute atomic E-state index is 0.0446. The third-order valence-corrected chi connectivity index (χ3v) is 10.0. The summed E-state index contributed by atoms with van der Waals surface area (Å²) in [5.74, 6) is -0.874. The third kappa shape index (κ3) is 42.9. The first-order chi connectivity index (χ1) is 27.8. The van der Waals surface area contributed by atoms with Crippen LogP contribution in [0.2, 0.25) is 0 Å². The van der Waals surface area contributed by atoms with Crippen molar-refractivity contribution in [1.82, 2.24) is 0 Å². The van der Waals surface area contributed by atoms with Crippen molar-refractivity contribution >= 4 is 19.8 Å². The van der Waals surface area contributed by atoms with E-state index < -0.39 is 32.5 Å². The Kier molecular flexibility index (Phi) is 41.1. The Labute approximate surface area is 348 Å². The van der Waals surface area contributed by atoms with Crippen LogP contribution in [0.25, 0.3) is 0 Å². The van der Waals surface area contributed by atoms with Crippen LogP contribution in [0.4, 0.5) is 0 Å². The van der Waals surface area contributed by atoms with Crippen LogP contribution < -0.4 is 5.73 Å². The van der Waals surface area contributed by atoms with E-state index in [9.17, 15) is 19.0 Å². The van der Waals surface area contributed by atoms with Crippen LogP contribution >= 0.6 is 7.82 Å². The number of hydrogen-bond donors (Lipinski definition) is 2. The van der Waals surface area contributed by atoms with Crippen LogP contribution in [-0.4, -0.2) is 49.3 Å². The second kappa shape index (κ2) is 43.0. The van der Waals surface area contributed by atoms with Gasteiger partial charge in [-0.25, -0.2) is 4.57 Å². The molecule has 10 heteroatoms. The van der Waals surface area contributed by atoms with Crippen molar-refractivity contribution in [2.45, 2.75) is 187 Å². The SMILES string of the molecule is CCC/C=C/C/C=C/C/C=C/C/C=C/CCCCCC(=O)OC[C@H](COP(=O)(O)OCCN)OC(=O)CCCCCCCCCCC/C=C/C/C=C/CCCCC. The molecule has 0 heterocycles. The van der Waals surface area contributed by atoms with Crippen molar-refractivity contribution in [3.63, 3.8) is 0 Å².